The van der Waals surface area contributed by atoms with Crippen LogP contribution in [-0.2, 0) is 9.53 Å². The Morgan fingerprint density at radius 2 is 1.90 bits per heavy atom. The van der Waals surface area contributed by atoms with Crippen LogP contribution in [0.15, 0.2) is 88.2 Å². The quantitative estimate of drug-likeness (QED) is 0.347. The highest BCUT2D eigenvalue weighted by atomic mass is 32.1. The van der Waals surface area contributed by atoms with Crippen LogP contribution >= 0.6 is 11.3 Å². The fourth-order valence-electron chi connectivity index (χ4n) is 4.72. The minimum atomic E-state index is -0.794. The number of methoxy groups -OCH3 is 1. The third-order valence-corrected chi connectivity index (χ3v) is 7.46. The SMILES string of the molecule is CCOC(=O)C1=C(c2ccccc2)N=c2s/c(=C/c3cccc(OC)c3)c(=O)n2[C@H]1c1ccc2c(c1)OCO2. The number of hydrogen-bond donors (Lipinski definition) is 0. The van der Waals surface area contributed by atoms with Crippen molar-refractivity contribution >= 4 is 29.1 Å². The normalized spacial score (nSPS) is 16.1. The Hall–Kier alpha value is -4.63. The number of nitrogens with zero attached hydrogens (tertiary/aromatic N) is 2. The summed E-state index contributed by atoms with van der Waals surface area (Å²) in [6, 6.07) is 21.5. The molecule has 196 valence electrons. The molecule has 0 amide bonds. The maximum atomic E-state index is 14.0. The number of thiazole rings is 1. The first-order valence-corrected chi connectivity index (χ1v) is 13.2. The van der Waals surface area contributed by atoms with E-state index in [4.69, 9.17) is 23.9 Å². The van der Waals surface area contributed by atoms with Crippen molar-refractivity contribution in [3.05, 3.63) is 115 Å². The van der Waals surface area contributed by atoms with E-state index in [1.54, 1.807) is 36.8 Å². The van der Waals surface area contributed by atoms with Gasteiger partial charge in [0.2, 0.25) is 6.79 Å². The summed E-state index contributed by atoms with van der Waals surface area (Å²) >= 11 is 1.26. The summed E-state index contributed by atoms with van der Waals surface area (Å²) in [7, 11) is 1.60. The van der Waals surface area contributed by atoms with Crippen molar-refractivity contribution in [2.24, 2.45) is 4.99 Å². The van der Waals surface area contributed by atoms with E-state index in [0.717, 1.165) is 11.1 Å². The van der Waals surface area contributed by atoms with Gasteiger partial charge in [-0.3, -0.25) is 9.36 Å². The van der Waals surface area contributed by atoms with Gasteiger partial charge in [0, 0.05) is 5.56 Å². The van der Waals surface area contributed by atoms with Gasteiger partial charge in [0.25, 0.3) is 5.56 Å². The van der Waals surface area contributed by atoms with E-state index in [-0.39, 0.29) is 24.5 Å². The number of rotatable bonds is 6. The number of benzene rings is 3. The van der Waals surface area contributed by atoms with Crippen molar-refractivity contribution in [2.75, 3.05) is 20.5 Å². The van der Waals surface area contributed by atoms with Gasteiger partial charge in [-0.2, -0.15) is 0 Å². The molecular formula is C30H24N2O6S. The average Bonchev–Trinajstić information content (AvgIpc) is 3.56. The zero-order chi connectivity index (χ0) is 26.9. The van der Waals surface area contributed by atoms with Gasteiger partial charge in [-0.05, 0) is 48.4 Å². The molecule has 4 aromatic rings. The van der Waals surface area contributed by atoms with Crippen LogP contribution in [0.5, 0.6) is 17.2 Å². The Balaban J connectivity index is 1.64. The number of carbonyl (C=O) groups is 1. The van der Waals surface area contributed by atoms with Gasteiger partial charge < -0.3 is 18.9 Å². The molecule has 0 saturated heterocycles. The highest BCUT2D eigenvalue weighted by molar-refractivity contribution is 7.07. The predicted octanol–water partition coefficient (Wildman–Crippen LogP) is 3.67. The van der Waals surface area contributed by atoms with E-state index in [1.807, 2.05) is 60.7 Å². The first-order chi connectivity index (χ1) is 19.1. The highest BCUT2D eigenvalue weighted by Crippen LogP contribution is 2.40. The van der Waals surface area contributed by atoms with Crippen LogP contribution in [0.1, 0.15) is 29.7 Å². The molecule has 6 rings (SSSR count). The summed E-state index contributed by atoms with van der Waals surface area (Å²) in [5, 5.41) is 0. The number of fused-ring (bicyclic) bond motifs is 2. The lowest BCUT2D eigenvalue weighted by Gasteiger charge is -2.26. The number of aromatic nitrogens is 1. The van der Waals surface area contributed by atoms with Gasteiger partial charge in [-0.15, -0.1) is 0 Å². The van der Waals surface area contributed by atoms with Crippen molar-refractivity contribution in [2.45, 2.75) is 13.0 Å². The van der Waals surface area contributed by atoms with Crippen LogP contribution in [0.2, 0.25) is 0 Å². The fourth-order valence-corrected chi connectivity index (χ4v) is 5.72. The Labute approximate surface area is 227 Å². The molecule has 2 aliphatic heterocycles. The standard InChI is InChI=1S/C30H24N2O6S/c1-3-36-29(34)25-26(19-9-5-4-6-10-19)31-30-32(27(25)20-12-13-22-23(16-20)38-17-37-22)28(33)24(39-30)15-18-8-7-11-21(14-18)35-2/h4-16,27H,3,17H2,1-2H3/b24-15+/t27-/m0/s1. The number of hydrogen-bond acceptors (Lipinski definition) is 8. The summed E-state index contributed by atoms with van der Waals surface area (Å²) in [6.07, 6.45) is 1.80. The molecule has 3 heterocycles. The van der Waals surface area contributed by atoms with E-state index in [2.05, 4.69) is 0 Å². The largest absolute Gasteiger partial charge is 0.497 e. The molecular weight excluding hydrogens is 516 g/mol. The summed E-state index contributed by atoms with van der Waals surface area (Å²) in [5.74, 6) is 1.30. The van der Waals surface area contributed by atoms with Gasteiger partial charge in [-0.25, -0.2) is 9.79 Å². The lowest BCUT2D eigenvalue weighted by Crippen LogP contribution is -2.40. The highest BCUT2D eigenvalue weighted by Gasteiger charge is 2.36. The smallest absolute Gasteiger partial charge is 0.338 e. The summed E-state index contributed by atoms with van der Waals surface area (Å²) in [4.78, 5) is 32.9. The molecule has 1 aromatic heterocycles. The minimum Gasteiger partial charge on any atom is -0.497 e. The zero-order valence-electron chi connectivity index (χ0n) is 21.2. The van der Waals surface area contributed by atoms with Gasteiger partial charge in [0.15, 0.2) is 16.3 Å². The Bertz CT molecular complexity index is 1790. The summed E-state index contributed by atoms with van der Waals surface area (Å²) in [6.45, 7) is 2.04. The molecule has 3 aromatic carbocycles. The van der Waals surface area contributed by atoms with Crippen LogP contribution < -0.4 is 29.1 Å². The fraction of sp³-hybridized carbons (Fsp3) is 0.167. The maximum Gasteiger partial charge on any atom is 0.338 e. The Morgan fingerprint density at radius 3 is 2.69 bits per heavy atom. The van der Waals surface area contributed by atoms with Crippen LogP contribution in [-0.4, -0.2) is 31.0 Å². The second-order valence-electron chi connectivity index (χ2n) is 8.82. The summed E-state index contributed by atoms with van der Waals surface area (Å²) in [5.41, 5.74) is 2.72. The van der Waals surface area contributed by atoms with Crippen molar-refractivity contribution in [3.8, 4) is 17.2 Å². The Morgan fingerprint density at radius 1 is 1.08 bits per heavy atom. The number of carbonyl (C=O) groups excluding carboxylic acids is 1. The van der Waals surface area contributed by atoms with E-state index in [9.17, 15) is 9.59 Å². The minimum absolute atomic E-state index is 0.109. The number of esters is 1. The van der Waals surface area contributed by atoms with Crippen LogP contribution in [0, 0.1) is 0 Å². The van der Waals surface area contributed by atoms with Gasteiger partial charge >= 0.3 is 5.97 Å². The number of ether oxygens (including phenoxy) is 4. The molecule has 0 saturated carbocycles. The van der Waals surface area contributed by atoms with E-state index in [1.165, 1.54) is 11.3 Å². The van der Waals surface area contributed by atoms with E-state index >= 15 is 0 Å². The molecule has 2 aliphatic rings. The first-order valence-electron chi connectivity index (χ1n) is 12.4. The van der Waals surface area contributed by atoms with Crippen molar-refractivity contribution < 1.29 is 23.7 Å². The third kappa shape index (κ3) is 4.51. The van der Waals surface area contributed by atoms with Crippen LogP contribution in [0.25, 0.3) is 11.8 Å². The van der Waals surface area contributed by atoms with Gasteiger partial charge in [-0.1, -0.05) is 59.9 Å². The predicted molar refractivity (Wildman–Crippen MR) is 147 cm³/mol. The van der Waals surface area contributed by atoms with Gasteiger partial charge in [0.05, 0.1) is 35.6 Å². The van der Waals surface area contributed by atoms with Crippen molar-refractivity contribution in [1.29, 1.82) is 0 Å². The monoisotopic (exact) mass is 540 g/mol. The molecule has 39 heavy (non-hydrogen) atoms. The first kappa shape index (κ1) is 24.7. The lowest BCUT2D eigenvalue weighted by molar-refractivity contribution is -0.138. The lowest BCUT2D eigenvalue weighted by atomic mass is 9.93. The average molecular weight is 541 g/mol. The van der Waals surface area contributed by atoms with Crippen molar-refractivity contribution in [1.82, 2.24) is 4.57 Å². The Kier molecular flexibility index (Phi) is 6.50. The molecule has 0 unspecified atom stereocenters. The third-order valence-electron chi connectivity index (χ3n) is 6.48. The molecule has 0 spiro atoms. The molecule has 0 bridgehead atoms. The molecule has 0 radical (unpaired) electrons. The van der Waals surface area contributed by atoms with E-state index in [0.29, 0.717) is 37.8 Å². The zero-order valence-corrected chi connectivity index (χ0v) is 22.1. The molecule has 9 heteroatoms. The molecule has 1 atom stereocenters. The second-order valence-corrected chi connectivity index (χ2v) is 9.83. The maximum absolute atomic E-state index is 14.0. The molecule has 0 N–H and O–H groups in total. The molecule has 0 aliphatic carbocycles. The van der Waals surface area contributed by atoms with Gasteiger partial charge in [0.1, 0.15) is 5.75 Å². The van der Waals surface area contributed by atoms with E-state index < -0.39 is 12.0 Å². The second kappa shape index (κ2) is 10.3. The van der Waals surface area contributed by atoms with Crippen molar-refractivity contribution in [3.63, 3.8) is 0 Å². The van der Waals surface area contributed by atoms with Crippen LogP contribution in [0.4, 0.5) is 0 Å². The van der Waals surface area contributed by atoms with Crippen LogP contribution in [0.3, 0.4) is 0 Å². The molecule has 8 nitrogen and oxygen atoms in total. The topological polar surface area (TPSA) is 88.4 Å². The molecule has 0 fully saturated rings. The summed E-state index contributed by atoms with van der Waals surface area (Å²) < 4.78 is 24.0.